The van der Waals surface area contributed by atoms with E-state index in [4.69, 9.17) is 0 Å². The highest BCUT2D eigenvalue weighted by molar-refractivity contribution is 7.89. The van der Waals surface area contributed by atoms with Crippen LogP contribution in [0.1, 0.15) is 30.6 Å². The molecule has 0 fully saturated rings. The van der Waals surface area contributed by atoms with E-state index in [2.05, 4.69) is 15.0 Å². The van der Waals surface area contributed by atoms with E-state index in [1.807, 2.05) is 6.92 Å². The van der Waals surface area contributed by atoms with Gasteiger partial charge < -0.3 is 5.32 Å². The van der Waals surface area contributed by atoms with Gasteiger partial charge in [0.05, 0.1) is 10.5 Å². The van der Waals surface area contributed by atoms with Crippen molar-refractivity contribution in [3.63, 3.8) is 0 Å². The number of hydrogen-bond acceptors (Lipinski definition) is 4. The Morgan fingerprint density at radius 2 is 2.04 bits per heavy atom. The Labute approximate surface area is 140 Å². The van der Waals surface area contributed by atoms with Gasteiger partial charge in [0.15, 0.2) is 0 Å². The molecule has 1 aromatic heterocycles. The zero-order valence-electron chi connectivity index (χ0n) is 13.3. The van der Waals surface area contributed by atoms with E-state index in [1.54, 1.807) is 25.1 Å². The molecule has 2 aromatic rings. The fraction of sp³-hybridized carbons (Fsp3) is 0.250. The van der Waals surface area contributed by atoms with Gasteiger partial charge in [-0.2, -0.15) is 0 Å². The third kappa shape index (κ3) is 4.36. The fourth-order valence-corrected chi connectivity index (χ4v) is 3.23. The zero-order valence-corrected chi connectivity index (χ0v) is 14.1. The zero-order chi connectivity index (χ0) is 17.7. The summed E-state index contributed by atoms with van der Waals surface area (Å²) >= 11 is 0. The number of anilines is 1. The molecular formula is C16H18FN3O3S. The van der Waals surface area contributed by atoms with Crippen LogP contribution < -0.4 is 10.0 Å². The lowest BCUT2D eigenvalue weighted by atomic mass is 10.2. The molecule has 0 aliphatic carbocycles. The molecule has 0 saturated heterocycles. The molecule has 1 unspecified atom stereocenters. The Morgan fingerprint density at radius 1 is 1.29 bits per heavy atom. The lowest BCUT2D eigenvalue weighted by Gasteiger charge is -2.13. The number of rotatable bonds is 6. The summed E-state index contributed by atoms with van der Waals surface area (Å²) in [5.74, 6) is -1.34. The lowest BCUT2D eigenvalue weighted by Crippen LogP contribution is -2.32. The first kappa shape index (κ1) is 18.0. The number of nitrogens with one attached hydrogen (secondary N) is 2. The first-order valence-electron chi connectivity index (χ1n) is 7.37. The predicted molar refractivity (Wildman–Crippen MR) is 88.7 cm³/mol. The van der Waals surface area contributed by atoms with Crippen LogP contribution in [-0.2, 0) is 10.0 Å². The van der Waals surface area contributed by atoms with Gasteiger partial charge >= 0.3 is 0 Å². The topological polar surface area (TPSA) is 88.2 Å². The average molecular weight is 351 g/mol. The second-order valence-electron chi connectivity index (χ2n) is 5.24. The second-order valence-corrected chi connectivity index (χ2v) is 6.96. The molecule has 24 heavy (non-hydrogen) atoms. The van der Waals surface area contributed by atoms with Crippen LogP contribution in [0.3, 0.4) is 0 Å². The average Bonchev–Trinajstić information content (AvgIpc) is 2.55. The van der Waals surface area contributed by atoms with Gasteiger partial charge in [-0.15, -0.1) is 0 Å². The van der Waals surface area contributed by atoms with E-state index in [9.17, 15) is 17.6 Å². The summed E-state index contributed by atoms with van der Waals surface area (Å²) in [5, 5.41) is 2.42. The van der Waals surface area contributed by atoms with Crippen molar-refractivity contribution in [2.75, 3.05) is 5.32 Å². The third-order valence-electron chi connectivity index (χ3n) is 3.37. The van der Waals surface area contributed by atoms with Crippen LogP contribution in [0.2, 0.25) is 0 Å². The molecule has 0 bridgehead atoms. The third-order valence-corrected chi connectivity index (χ3v) is 4.96. The number of carbonyl (C=O) groups is 1. The molecule has 0 aliphatic rings. The molecular weight excluding hydrogens is 333 g/mol. The lowest BCUT2D eigenvalue weighted by molar-refractivity contribution is 0.102. The molecule has 6 nitrogen and oxygen atoms in total. The first-order chi connectivity index (χ1) is 11.3. The number of hydrogen-bond donors (Lipinski definition) is 2. The van der Waals surface area contributed by atoms with Gasteiger partial charge in [-0.25, -0.2) is 22.5 Å². The molecule has 0 radical (unpaired) electrons. The van der Waals surface area contributed by atoms with E-state index in [0.717, 1.165) is 18.2 Å². The Balaban J connectivity index is 2.30. The number of benzene rings is 1. The van der Waals surface area contributed by atoms with Crippen molar-refractivity contribution in [3.05, 3.63) is 54.0 Å². The molecule has 1 atom stereocenters. The number of pyridine rings is 1. The molecule has 0 saturated carbocycles. The molecule has 0 aliphatic heterocycles. The van der Waals surface area contributed by atoms with Gasteiger partial charge in [-0.05, 0) is 43.7 Å². The van der Waals surface area contributed by atoms with Crippen molar-refractivity contribution in [2.24, 2.45) is 0 Å². The summed E-state index contributed by atoms with van der Waals surface area (Å²) in [5.41, 5.74) is -0.368. The van der Waals surface area contributed by atoms with Crippen molar-refractivity contribution >= 4 is 21.7 Å². The van der Waals surface area contributed by atoms with Crippen molar-refractivity contribution in [2.45, 2.75) is 31.2 Å². The van der Waals surface area contributed by atoms with Gasteiger partial charge in [0.25, 0.3) is 5.91 Å². The largest absolute Gasteiger partial charge is 0.306 e. The molecule has 8 heteroatoms. The van der Waals surface area contributed by atoms with Crippen molar-refractivity contribution < 1.29 is 17.6 Å². The Kier molecular flexibility index (Phi) is 5.63. The van der Waals surface area contributed by atoms with Crippen LogP contribution in [0.5, 0.6) is 0 Å². The van der Waals surface area contributed by atoms with Gasteiger partial charge in [-0.3, -0.25) is 4.79 Å². The van der Waals surface area contributed by atoms with Gasteiger partial charge in [0.1, 0.15) is 11.6 Å². The van der Waals surface area contributed by atoms with Crippen molar-refractivity contribution in [1.29, 1.82) is 0 Å². The van der Waals surface area contributed by atoms with E-state index in [0.29, 0.717) is 6.42 Å². The van der Waals surface area contributed by atoms with Crippen molar-refractivity contribution in [1.82, 2.24) is 9.71 Å². The molecule has 2 N–H and O–H groups in total. The quantitative estimate of drug-likeness (QED) is 0.837. The van der Waals surface area contributed by atoms with Crippen LogP contribution >= 0.6 is 0 Å². The standard InChI is InChI=1S/C16H18FN3O3S/c1-3-11(2)20-24(22,23)12-7-8-14(17)13(10-12)16(21)19-15-6-4-5-9-18-15/h4-11,20H,3H2,1-2H3,(H,18,19,21). The van der Waals surface area contributed by atoms with Crippen LogP contribution in [0.25, 0.3) is 0 Å². The summed E-state index contributed by atoms with van der Waals surface area (Å²) < 4.78 is 40.9. The monoisotopic (exact) mass is 351 g/mol. The van der Waals surface area contributed by atoms with Gasteiger partial charge in [0, 0.05) is 12.2 Å². The van der Waals surface area contributed by atoms with Crippen LogP contribution in [-0.4, -0.2) is 25.4 Å². The van der Waals surface area contributed by atoms with Crippen molar-refractivity contribution in [3.8, 4) is 0 Å². The van der Waals surface area contributed by atoms with Gasteiger partial charge in [-0.1, -0.05) is 13.0 Å². The highest BCUT2D eigenvalue weighted by Gasteiger charge is 2.21. The van der Waals surface area contributed by atoms with Gasteiger partial charge in [0.2, 0.25) is 10.0 Å². The smallest absolute Gasteiger partial charge is 0.259 e. The summed E-state index contributed by atoms with van der Waals surface area (Å²) in [6.07, 6.45) is 2.08. The van der Waals surface area contributed by atoms with Crippen LogP contribution in [0, 0.1) is 5.82 Å². The predicted octanol–water partition coefficient (Wildman–Crippen LogP) is 2.55. The Hall–Kier alpha value is -2.32. The minimum Gasteiger partial charge on any atom is -0.306 e. The highest BCUT2D eigenvalue weighted by atomic mass is 32.2. The number of amides is 1. The maximum Gasteiger partial charge on any atom is 0.259 e. The summed E-state index contributed by atoms with van der Waals surface area (Å²) in [7, 11) is -3.83. The number of nitrogens with zero attached hydrogens (tertiary/aromatic N) is 1. The number of carbonyl (C=O) groups excluding carboxylic acids is 1. The molecule has 1 aromatic carbocycles. The highest BCUT2D eigenvalue weighted by Crippen LogP contribution is 2.17. The fourth-order valence-electron chi connectivity index (χ4n) is 1.88. The summed E-state index contributed by atoms with van der Waals surface area (Å²) in [6, 6.07) is 7.70. The normalized spacial score (nSPS) is 12.6. The molecule has 0 spiro atoms. The van der Waals surface area contributed by atoms with E-state index in [1.165, 1.54) is 6.20 Å². The van der Waals surface area contributed by atoms with E-state index < -0.39 is 21.7 Å². The van der Waals surface area contributed by atoms with E-state index >= 15 is 0 Å². The van der Waals surface area contributed by atoms with Crippen LogP contribution in [0.15, 0.2) is 47.5 Å². The maximum atomic E-state index is 13.9. The number of aromatic nitrogens is 1. The summed E-state index contributed by atoms with van der Waals surface area (Å²) in [4.78, 5) is 15.9. The molecule has 1 heterocycles. The Bertz CT molecular complexity index is 826. The van der Waals surface area contributed by atoms with E-state index in [-0.39, 0.29) is 22.3 Å². The minimum atomic E-state index is -3.83. The minimum absolute atomic E-state index is 0.171. The second kappa shape index (κ2) is 7.50. The molecule has 128 valence electrons. The molecule has 1 amide bonds. The SMILES string of the molecule is CCC(C)NS(=O)(=O)c1ccc(F)c(C(=O)Nc2ccccn2)c1. The Morgan fingerprint density at radius 3 is 2.67 bits per heavy atom. The number of halogens is 1. The maximum absolute atomic E-state index is 13.9. The summed E-state index contributed by atoms with van der Waals surface area (Å²) in [6.45, 7) is 3.55. The molecule has 2 rings (SSSR count). The first-order valence-corrected chi connectivity index (χ1v) is 8.86. The number of sulfonamides is 1. The van der Waals surface area contributed by atoms with Crippen LogP contribution in [0.4, 0.5) is 10.2 Å².